The Morgan fingerprint density at radius 1 is 1.33 bits per heavy atom. The number of carbonyl (C=O) groups is 1. The molecule has 112 valence electrons. The zero-order valence-corrected chi connectivity index (χ0v) is 12.7. The van der Waals surface area contributed by atoms with Gasteiger partial charge in [-0.15, -0.1) is 0 Å². The predicted molar refractivity (Wildman–Crippen MR) is 81.8 cm³/mol. The van der Waals surface area contributed by atoms with Gasteiger partial charge in [-0.1, -0.05) is 23.2 Å². The van der Waals surface area contributed by atoms with E-state index in [0.29, 0.717) is 21.5 Å². The average Bonchev–Trinajstić information content (AvgIpc) is 2.96. The van der Waals surface area contributed by atoms with Gasteiger partial charge >= 0.3 is 6.03 Å². The third-order valence-corrected chi connectivity index (χ3v) is 3.56. The van der Waals surface area contributed by atoms with Crippen LogP contribution in [0.3, 0.4) is 0 Å². The Hall–Kier alpha value is -1.69. The number of anilines is 1. The van der Waals surface area contributed by atoms with Gasteiger partial charge in [0, 0.05) is 5.69 Å². The van der Waals surface area contributed by atoms with Crippen molar-refractivity contribution in [2.24, 2.45) is 0 Å². The second-order valence-corrected chi connectivity index (χ2v) is 5.50. The molecule has 0 aliphatic heterocycles. The van der Waals surface area contributed by atoms with Gasteiger partial charge in [0.15, 0.2) is 0 Å². The maximum atomic E-state index is 11.8. The number of urea groups is 1. The number of rotatable bonds is 4. The Kier molecular flexibility index (Phi) is 4.77. The second-order valence-electron chi connectivity index (χ2n) is 4.69. The van der Waals surface area contributed by atoms with Crippen molar-refractivity contribution in [3.05, 3.63) is 52.4 Å². The number of hydrogen-bond acceptors (Lipinski definition) is 3. The summed E-state index contributed by atoms with van der Waals surface area (Å²) in [5.74, 6) is 0.373. The highest BCUT2D eigenvalue weighted by molar-refractivity contribution is 6.42. The second kappa shape index (κ2) is 6.39. The van der Waals surface area contributed by atoms with Gasteiger partial charge in [0.05, 0.1) is 22.9 Å². The molecule has 21 heavy (non-hydrogen) atoms. The number of benzene rings is 1. The van der Waals surface area contributed by atoms with Crippen molar-refractivity contribution in [2.75, 3.05) is 11.9 Å². The number of aliphatic hydroxyl groups is 1. The van der Waals surface area contributed by atoms with Gasteiger partial charge in [-0.25, -0.2) is 4.79 Å². The molecule has 1 aromatic carbocycles. The molecule has 0 radical (unpaired) electrons. The fourth-order valence-corrected chi connectivity index (χ4v) is 1.97. The van der Waals surface area contributed by atoms with Gasteiger partial charge in [0.25, 0.3) is 0 Å². The number of hydrogen-bond donors (Lipinski definition) is 3. The van der Waals surface area contributed by atoms with Gasteiger partial charge in [0.1, 0.15) is 11.4 Å². The fraction of sp³-hybridized carbons (Fsp3) is 0.214. The van der Waals surface area contributed by atoms with E-state index < -0.39 is 11.6 Å². The molecule has 0 unspecified atom stereocenters. The summed E-state index contributed by atoms with van der Waals surface area (Å²) in [6.45, 7) is 1.54. The largest absolute Gasteiger partial charge is 0.466 e. The number of halogens is 2. The lowest BCUT2D eigenvalue weighted by atomic mass is 10.0. The number of nitrogens with one attached hydrogen (secondary N) is 2. The van der Waals surface area contributed by atoms with Gasteiger partial charge in [-0.05, 0) is 37.3 Å². The van der Waals surface area contributed by atoms with Crippen LogP contribution in [-0.4, -0.2) is 17.7 Å². The van der Waals surface area contributed by atoms with Crippen molar-refractivity contribution in [3.8, 4) is 0 Å². The fourth-order valence-electron chi connectivity index (χ4n) is 1.67. The molecule has 2 aromatic rings. The molecule has 0 saturated carbocycles. The standard InChI is InChI=1S/C14H14Cl2N2O3/c1-14(20,12-3-2-6-21-12)8-17-13(19)18-9-4-5-10(15)11(16)7-9/h2-7,20H,8H2,1H3,(H2,17,18,19)/t14-/m0/s1. The van der Waals surface area contributed by atoms with Crippen LogP contribution in [0.4, 0.5) is 10.5 Å². The monoisotopic (exact) mass is 328 g/mol. The molecule has 5 nitrogen and oxygen atoms in total. The Labute approximate surface area is 131 Å². The Morgan fingerprint density at radius 2 is 2.10 bits per heavy atom. The Balaban J connectivity index is 1.91. The van der Waals surface area contributed by atoms with E-state index in [2.05, 4.69) is 10.6 Å². The van der Waals surface area contributed by atoms with Gasteiger partial charge < -0.3 is 20.2 Å². The van der Waals surface area contributed by atoms with E-state index in [-0.39, 0.29) is 6.54 Å². The van der Waals surface area contributed by atoms with E-state index in [4.69, 9.17) is 27.6 Å². The highest BCUT2D eigenvalue weighted by Gasteiger charge is 2.26. The van der Waals surface area contributed by atoms with Crippen molar-refractivity contribution < 1.29 is 14.3 Å². The van der Waals surface area contributed by atoms with E-state index >= 15 is 0 Å². The first kappa shape index (κ1) is 15.7. The van der Waals surface area contributed by atoms with Crippen LogP contribution in [0.15, 0.2) is 41.0 Å². The van der Waals surface area contributed by atoms with Crippen LogP contribution < -0.4 is 10.6 Å². The summed E-state index contributed by atoms with van der Waals surface area (Å²) in [7, 11) is 0. The molecule has 0 aliphatic carbocycles. The molecule has 2 amide bonds. The molecule has 1 atom stereocenters. The average molecular weight is 329 g/mol. The maximum absolute atomic E-state index is 11.8. The summed E-state index contributed by atoms with van der Waals surface area (Å²) in [5.41, 5.74) is -0.794. The zero-order chi connectivity index (χ0) is 15.5. The quantitative estimate of drug-likeness (QED) is 0.802. The first-order chi connectivity index (χ1) is 9.88. The SMILES string of the molecule is C[C@](O)(CNC(=O)Nc1ccc(Cl)c(Cl)c1)c1ccco1. The highest BCUT2D eigenvalue weighted by Crippen LogP contribution is 2.25. The maximum Gasteiger partial charge on any atom is 0.319 e. The Bertz CT molecular complexity index is 627. The van der Waals surface area contributed by atoms with Crippen LogP contribution >= 0.6 is 23.2 Å². The minimum Gasteiger partial charge on any atom is -0.466 e. The molecular formula is C14H14Cl2N2O3. The van der Waals surface area contributed by atoms with Crippen molar-refractivity contribution >= 4 is 34.9 Å². The van der Waals surface area contributed by atoms with E-state index in [1.54, 1.807) is 31.2 Å². The van der Waals surface area contributed by atoms with Gasteiger partial charge in [0.2, 0.25) is 0 Å². The number of amides is 2. The summed E-state index contributed by atoms with van der Waals surface area (Å²) in [6.07, 6.45) is 1.46. The summed E-state index contributed by atoms with van der Waals surface area (Å²) < 4.78 is 5.12. The smallest absolute Gasteiger partial charge is 0.319 e. The molecule has 0 bridgehead atoms. The minimum atomic E-state index is -1.29. The van der Waals surface area contributed by atoms with Crippen molar-refractivity contribution in [1.29, 1.82) is 0 Å². The number of furan rings is 1. The number of carbonyl (C=O) groups excluding carboxylic acids is 1. The Morgan fingerprint density at radius 3 is 2.71 bits per heavy atom. The summed E-state index contributed by atoms with van der Waals surface area (Å²) in [4.78, 5) is 11.8. The molecule has 0 aliphatic rings. The van der Waals surface area contributed by atoms with Gasteiger partial charge in [-0.2, -0.15) is 0 Å². The molecule has 2 rings (SSSR count). The molecule has 1 heterocycles. The lowest BCUT2D eigenvalue weighted by molar-refractivity contribution is 0.0372. The normalized spacial score (nSPS) is 13.5. The van der Waals surface area contributed by atoms with Crippen LogP contribution in [0.5, 0.6) is 0 Å². The molecule has 0 saturated heterocycles. The predicted octanol–water partition coefficient (Wildman–Crippen LogP) is 3.62. The first-order valence-corrected chi connectivity index (χ1v) is 6.90. The third-order valence-electron chi connectivity index (χ3n) is 2.82. The van der Waals surface area contributed by atoms with E-state index in [9.17, 15) is 9.90 Å². The van der Waals surface area contributed by atoms with E-state index in [1.807, 2.05) is 0 Å². The van der Waals surface area contributed by atoms with Gasteiger partial charge in [-0.3, -0.25) is 0 Å². The summed E-state index contributed by atoms with van der Waals surface area (Å²) in [5, 5.41) is 16.1. The zero-order valence-electron chi connectivity index (χ0n) is 11.2. The van der Waals surface area contributed by atoms with Crippen molar-refractivity contribution in [3.63, 3.8) is 0 Å². The minimum absolute atomic E-state index is 0.00628. The molecule has 7 heteroatoms. The molecule has 0 spiro atoms. The van der Waals surface area contributed by atoms with Crippen LogP contribution in [0.1, 0.15) is 12.7 Å². The molecule has 1 aromatic heterocycles. The highest BCUT2D eigenvalue weighted by atomic mass is 35.5. The lowest BCUT2D eigenvalue weighted by Crippen LogP contribution is -2.40. The van der Waals surface area contributed by atoms with Crippen LogP contribution in [0.25, 0.3) is 0 Å². The summed E-state index contributed by atoms with van der Waals surface area (Å²) in [6, 6.07) is 7.57. The first-order valence-electron chi connectivity index (χ1n) is 6.15. The van der Waals surface area contributed by atoms with Crippen LogP contribution in [0, 0.1) is 0 Å². The molecule has 3 N–H and O–H groups in total. The van der Waals surface area contributed by atoms with E-state index in [0.717, 1.165) is 0 Å². The summed E-state index contributed by atoms with van der Waals surface area (Å²) >= 11 is 11.6. The topological polar surface area (TPSA) is 74.5 Å². The van der Waals surface area contributed by atoms with E-state index in [1.165, 1.54) is 12.3 Å². The van der Waals surface area contributed by atoms with Crippen LogP contribution in [-0.2, 0) is 5.60 Å². The molecule has 0 fully saturated rings. The van der Waals surface area contributed by atoms with Crippen molar-refractivity contribution in [1.82, 2.24) is 5.32 Å². The third kappa shape index (κ3) is 4.14. The van der Waals surface area contributed by atoms with Crippen molar-refractivity contribution in [2.45, 2.75) is 12.5 Å². The molecular weight excluding hydrogens is 315 g/mol. The lowest BCUT2D eigenvalue weighted by Gasteiger charge is -2.21. The van der Waals surface area contributed by atoms with Crippen LogP contribution in [0.2, 0.25) is 10.0 Å².